The topological polar surface area (TPSA) is 89.3 Å². The van der Waals surface area contributed by atoms with Crippen molar-refractivity contribution >= 4 is 23.2 Å². The molecule has 2 aliphatic heterocycles. The SMILES string of the molecule is Fc1cc([C@@H]2CNC[C@H]2c2nnc3cc(-c4ccnc(NC5CCOCC5)n4)ccn23)ccc1Cl. The molecule has 3 aromatic heterocycles. The minimum absolute atomic E-state index is 0.0609. The number of ether oxygens (including phenoxy) is 1. The molecule has 2 aliphatic rings. The van der Waals surface area contributed by atoms with Crippen LogP contribution in [-0.4, -0.2) is 56.9 Å². The highest BCUT2D eigenvalue weighted by Crippen LogP contribution is 2.36. The zero-order valence-corrected chi connectivity index (χ0v) is 19.7. The first-order valence-electron chi connectivity index (χ1n) is 11.8. The molecule has 2 N–H and O–H groups in total. The van der Waals surface area contributed by atoms with Crippen LogP contribution in [0.3, 0.4) is 0 Å². The van der Waals surface area contributed by atoms with Gasteiger partial charge in [-0.3, -0.25) is 4.40 Å². The maximum Gasteiger partial charge on any atom is 0.223 e. The second-order valence-corrected chi connectivity index (χ2v) is 9.45. The van der Waals surface area contributed by atoms with Gasteiger partial charge in [-0.05, 0) is 48.7 Å². The predicted octanol–water partition coefficient (Wildman–Crippen LogP) is 4.04. The van der Waals surface area contributed by atoms with Crippen molar-refractivity contribution in [3.63, 3.8) is 0 Å². The lowest BCUT2D eigenvalue weighted by atomic mass is 9.88. The van der Waals surface area contributed by atoms with E-state index in [1.165, 1.54) is 6.07 Å². The highest BCUT2D eigenvalue weighted by Gasteiger charge is 2.33. The molecule has 2 fully saturated rings. The number of nitrogens with zero attached hydrogens (tertiary/aromatic N) is 5. The van der Waals surface area contributed by atoms with Crippen LogP contribution in [0.25, 0.3) is 16.9 Å². The van der Waals surface area contributed by atoms with Crippen LogP contribution in [0.1, 0.15) is 36.1 Å². The van der Waals surface area contributed by atoms with E-state index in [2.05, 4.69) is 25.8 Å². The third-order valence-electron chi connectivity index (χ3n) is 6.86. The van der Waals surface area contributed by atoms with Crippen LogP contribution in [0, 0.1) is 5.82 Å². The number of aromatic nitrogens is 5. The summed E-state index contributed by atoms with van der Waals surface area (Å²) in [6, 6.07) is 11.2. The summed E-state index contributed by atoms with van der Waals surface area (Å²) in [4.78, 5) is 9.11. The fraction of sp³-hybridized carbons (Fsp3) is 0.360. The van der Waals surface area contributed by atoms with E-state index in [-0.39, 0.29) is 16.9 Å². The molecule has 0 aliphatic carbocycles. The largest absolute Gasteiger partial charge is 0.381 e. The van der Waals surface area contributed by atoms with Crippen LogP contribution in [0.2, 0.25) is 5.02 Å². The molecule has 8 nitrogen and oxygen atoms in total. The van der Waals surface area contributed by atoms with Crippen LogP contribution in [0.15, 0.2) is 48.8 Å². The summed E-state index contributed by atoms with van der Waals surface area (Å²) < 4.78 is 21.5. The summed E-state index contributed by atoms with van der Waals surface area (Å²) in [7, 11) is 0. The fourth-order valence-corrected chi connectivity index (χ4v) is 5.10. The first kappa shape index (κ1) is 22.3. The number of fused-ring (bicyclic) bond motifs is 1. The number of hydrogen-bond donors (Lipinski definition) is 2. The zero-order chi connectivity index (χ0) is 23.8. The van der Waals surface area contributed by atoms with Gasteiger partial charge >= 0.3 is 0 Å². The Morgan fingerprint density at radius 3 is 2.77 bits per heavy atom. The Labute approximate surface area is 206 Å². The van der Waals surface area contributed by atoms with Crippen molar-refractivity contribution in [2.45, 2.75) is 30.7 Å². The molecule has 0 saturated carbocycles. The molecule has 180 valence electrons. The van der Waals surface area contributed by atoms with Gasteiger partial charge in [-0.1, -0.05) is 17.7 Å². The smallest absolute Gasteiger partial charge is 0.223 e. The fourth-order valence-electron chi connectivity index (χ4n) is 4.98. The number of rotatable bonds is 5. The first-order valence-corrected chi connectivity index (χ1v) is 12.2. The van der Waals surface area contributed by atoms with Gasteiger partial charge in [0.05, 0.1) is 10.7 Å². The highest BCUT2D eigenvalue weighted by molar-refractivity contribution is 6.30. The molecule has 5 heterocycles. The molecule has 0 unspecified atom stereocenters. The second-order valence-electron chi connectivity index (χ2n) is 9.04. The van der Waals surface area contributed by atoms with Gasteiger partial charge in [-0.25, -0.2) is 14.4 Å². The van der Waals surface area contributed by atoms with E-state index in [1.54, 1.807) is 12.3 Å². The van der Waals surface area contributed by atoms with Crippen molar-refractivity contribution in [1.29, 1.82) is 0 Å². The number of halogens is 2. The molecule has 4 aromatic rings. The van der Waals surface area contributed by atoms with Gasteiger partial charge in [0.2, 0.25) is 5.95 Å². The molecule has 2 saturated heterocycles. The van der Waals surface area contributed by atoms with Crippen LogP contribution in [-0.2, 0) is 4.74 Å². The number of hydrogen-bond acceptors (Lipinski definition) is 7. The molecule has 0 spiro atoms. The Hall–Kier alpha value is -3.14. The minimum Gasteiger partial charge on any atom is -0.381 e. The predicted molar refractivity (Wildman–Crippen MR) is 131 cm³/mol. The average Bonchev–Trinajstić information content (AvgIpc) is 3.53. The van der Waals surface area contributed by atoms with Gasteiger partial charge in [0.25, 0.3) is 0 Å². The molecule has 6 rings (SSSR count). The van der Waals surface area contributed by atoms with E-state index >= 15 is 0 Å². The number of benzene rings is 1. The molecule has 2 atom stereocenters. The van der Waals surface area contributed by atoms with Crippen molar-refractivity contribution in [3.8, 4) is 11.3 Å². The molecule has 0 bridgehead atoms. The monoisotopic (exact) mass is 493 g/mol. The Morgan fingerprint density at radius 2 is 1.91 bits per heavy atom. The third-order valence-corrected chi connectivity index (χ3v) is 7.17. The maximum atomic E-state index is 14.1. The normalized spacial score (nSPS) is 21.0. The Bertz CT molecular complexity index is 1360. The number of anilines is 1. The molecular weight excluding hydrogens is 469 g/mol. The molecular formula is C25H25ClFN7O. The van der Waals surface area contributed by atoms with Gasteiger partial charge in [-0.2, -0.15) is 0 Å². The van der Waals surface area contributed by atoms with Crippen molar-refractivity contribution < 1.29 is 9.13 Å². The Kier molecular flexibility index (Phi) is 6.05. The van der Waals surface area contributed by atoms with E-state index in [0.29, 0.717) is 12.0 Å². The Morgan fingerprint density at radius 1 is 1.06 bits per heavy atom. The van der Waals surface area contributed by atoms with E-state index in [0.717, 1.165) is 67.4 Å². The van der Waals surface area contributed by atoms with Crippen LogP contribution < -0.4 is 10.6 Å². The summed E-state index contributed by atoms with van der Waals surface area (Å²) in [5, 5.41) is 15.9. The van der Waals surface area contributed by atoms with Crippen LogP contribution >= 0.6 is 11.6 Å². The summed E-state index contributed by atoms with van der Waals surface area (Å²) in [5.74, 6) is 1.20. The quantitative estimate of drug-likeness (QED) is 0.433. The lowest BCUT2D eigenvalue weighted by Gasteiger charge is -2.23. The van der Waals surface area contributed by atoms with Gasteiger partial charge in [-0.15, -0.1) is 10.2 Å². The third kappa shape index (κ3) is 4.47. The number of nitrogens with one attached hydrogen (secondary N) is 2. The average molecular weight is 494 g/mol. The van der Waals surface area contributed by atoms with E-state index in [1.807, 2.05) is 34.9 Å². The molecule has 35 heavy (non-hydrogen) atoms. The standard InChI is InChI=1S/C25H25ClFN7O/c26-20-2-1-15(11-21(20)27)18-13-28-14-19(18)24-33-32-23-12-16(4-8-34(23)24)22-3-7-29-25(31-22)30-17-5-9-35-10-6-17/h1-4,7-8,11-12,17-19,28H,5-6,9-10,13-14H2,(H,29,30,31)/t18-,19+/m0/s1. The summed E-state index contributed by atoms with van der Waals surface area (Å²) in [6.07, 6.45) is 5.64. The van der Waals surface area contributed by atoms with Gasteiger partial charge in [0.1, 0.15) is 11.6 Å². The molecule has 0 amide bonds. The zero-order valence-electron chi connectivity index (χ0n) is 19.0. The van der Waals surface area contributed by atoms with Gasteiger partial charge in [0.15, 0.2) is 5.65 Å². The van der Waals surface area contributed by atoms with Gasteiger partial charge < -0.3 is 15.4 Å². The minimum atomic E-state index is -0.402. The van der Waals surface area contributed by atoms with Crippen molar-refractivity contribution in [3.05, 3.63) is 71.0 Å². The van der Waals surface area contributed by atoms with Crippen molar-refractivity contribution in [2.75, 3.05) is 31.6 Å². The number of pyridine rings is 1. The van der Waals surface area contributed by atoms with Crippen LogP contribution in [0.4, 0.5) is 10.3 Å². The summed E-state index contributed by atoms with van der Waals surface area (Å²) in [5.41, 5.74) is 3.40. The Balaban J connectivity index is 1.27. The molecule has 10 heteroatoms. The summed E-state index contributed by atoms with van der Waals surface area (Å²) in [6.45, 7) is 2.99. The lowest BCUT2D eigenvalue weighted by Crippen LogP contribution is -2.28. The van der Waals surface area contributed by atoms with E-state index < -0.39 is 5.82 Å². The van der Waals surface area contributed by atoms with E-state index in [4.69, 9.17) is 21.3 Å². The van der Waals surface area contributed by atoms with Crippen molar-refractivity contribution in [2.24, 2.45) is 0 Å². The maximum absolute atomic E-state index is 14.1. The highest BCUT2D eigenvalue weighted by atomic mass is 35.5. The van der Waals surface area contributed by atoms with Gasteiger partial charge in [0, 0.05) is 62.1 Å². The summed E-state index contributed by atoms with van der Waals surface area (Å²) >= 11 is 5.89. The van der Waals surface area contributed by atoms with Crippen molar-refractivity contribution in [1.82, 2.24) is 29.9 Å². The first-order chi connectivity index (χ1) is 17.2. The van der Waals surface area contributed by atoms with Crippen LogP contribution in [0.5, 0.6) is 0 Å². The molecule has 0 radical (unpaired) electrons. The second kappa shape index (κ2) is 9.49. The lowest BCUT2D eigenvalue weighted by molar-refractivity contribution is 0.0903. The van der Waals surface area contributed by atoms with E-state index in [9.17, 15) is 4.39 Å². The molecule has 1 aromatic carbocycles.